The number of aromatic hydroxyl groups is 1. The van der Waals surface area contributed by atoms with Crippen molar-refractivity contribution in [3.63, 3.8) is 0 Å². The molecular formula is C22H24O5. The molecule has 2 aliphatic rings. The first-order valence-electron chi connectivity index (χ1n) is 9.07. The largest absolute Gasteiger partial charge is 0.507 e. The van der Waals surface area contributed by atoms with Crippen LogP contribution in [0.3, 0.4) is 0 Å². The lowest BCUT2D eigenvalue weighted by Gasteiger charge is -2.30. The SMILES string of the molecule is COc1ccc2c(c1)O[C@H]1c3c(cc(O)c(CC=C(C)C)c3OC)OC[C@@H]21. The number of fused-ring (bicyclic) bond motifs is 5. The third-order valence-electron chi connectivity index (χ3n) is 5.22. The van der Waals surface area contributed by atoms with Crippen molar-refractivity contribution in [1.29, 1.82) is 0 Å². The summed E-state index contributed by atoms with van der Waals surface area (Å²) in [6, 6.07) is 7.55. The molecule has 0 fully saturated rings. The highest BCUT2D eigenvalue weighted by atomic mass is 16.5. The highest BCUT2D eigenvalue weighted by Crippen LogP contribution is 2.56. The van der Waals surface area contributed by atoms with Crippen LogP contribution < -0.4 is 18.9 Å². The molecule has 0 radical (unpaired) electrons. The van der Waals surface area contributed by atoms with Gasteiger partial charge >= 0.3 is 0 Å². The summed E-state index contributed by atoms with van der Waals surface area (Å²) in [6.07, 6.45) is 2.44. The normalized spacial score (nSPS) is 19.1. The number of hydrogen-bond acceptors (Lipinski definition) is 5. The standard InChI is InChI=1S/C22H24O5/c1-12(2)5-7-15-17(23)10-19-20(21(15)25-4)22-16(11-26-19)14-8-6-13(24-3)9-18(14)27-22/h5-6,8-10,16,22-23H,7,11H2,1-4H3/t16-,22+/m0/s1. The van der Waals surface area contributed by atoms with Gasteiger partial charge in [0.05, 0.1) is 32.3 Å². The summed E-state index contributed by atoms with van der Waals surface area (Å²) in [7, 11) is 3.26. The molecule has 142 valence electrons. The topological polar surface area (TPSA) is 57.2 Å². The minimum absolute atomic E-state index is 0.0770. The zero-order valence-electron chi connectivity index (χ0n) is 16.0. The van der Waals surface area contributed by atoms with Crippen LogP contribution in [0.2, 0.25) is 0 Å². The van der Waals surface area contributed by atoms with Crippen LogP contribution in [0.1, 0.15) is 42.6 Å². The molecule has 5 heteroatoms. The van der Waals surface area contributed by atoms with Gasteiger partial charge in [-0.05, 0) is 26.3 Å². The fraction of sp³-hybridized carbons (Fsp3) is 0.364. The Morgan fingerprint density at radius 3 is 2.70 bits per heavy atom. The second-order valence-corrected chi connectivity index (χ2v) is 7.16. The average Bonchev–Trinajstić information content (AvgIpc) is 3.03. The van der Waals surface area contributed by atoms with Gasteiger partial charge in [-0.1, -0.05) is 17.7 Å². The Morgan fingerprint density at radius 2 is 2.00 bits per heavy atom. The summed E-state index contributed by atoms with van der Waals surface area (Å²) < 4.78 is 23.3. The summed E-state index contributed by atoms with van der Waals surface area (Å²) in [5.41, 5.74) is 3.89. The summed E-state index contributed by atoms with van der Waals surface area (Å²) >= 11 is 0. The molecule has 2 heterocycles. The summed E-state index contributed by atoms with van der Waals surface area (Å²) in [4.78, 5) is 0. The molecule has 1 N–H and O–H groups in total. The fourth-order valence-corrected chi connectivity index (χ4v) is 3.85. The number of benzene rings is 2. The number of phenols is 1. The van der Waals surface area contributed by atoms with Gasteiger partial charge in [-0.3, -0.25) is 0 Å². The van der Waals surface area contributed by atoms with Crippen LogP contribution in [0.5, 0.6) is 28.7 Å². The van der Waals surface area contributed by atoms with E-state index in [1.54, 1.807) is 20.3 Å². The minimum Gasteiger partial charge on any atom is -0.507 e. The van der Waals surface area contributed by atoms with Crippen molar-refractivity contribution in [1.82, 2.24) is 0 Å². The van der Waals surface area contributed by atoms with E-state index in [-0.39, 0.29) is 17.8 Å². The predicted octanol–water partition coefficient (Wildman–Crippen LogP) is 4.53. The van der Waals surface area contributed by atoms with Crippen LogP contribution in [-0.4, -0.2) is 25.9 Å². The fourth-order valence-electron chi connectivity index (χ4n) is 3.85. The Morgan fingerprint density at radius 1 is 1.19 bits per heavy atom. The lowest BCUT2D eigenvalue weighted by Crippen LogP contribution is -2.24. The third-order valence-corrected chi connectivity index (χ3v) is 5.22. The van der Waals surface area contributed by atoms with Crippen molar-refractivity contribution in [2.75, 3.05) is 20.8 Å². The number of phenolic OH excluding ortho intramolecular Hbond substituents is 1. The number of methoxy groups -OCH3 is 2. The van der Waals surface area contributed by atoms with E-state index in [2.05, 4.69) is 6.08 Å². The van der Waals surface area contributed by atoms with Crippen molar-refractivity contribution < 1.29 is 24.1 Å². The highest BCUT2D eigenvalue weighted by Gasteiger charge is 2.43. The van der Waals surface area contributed by atoms with Gasteiger partial charge < -0.3 is 24.1 Å². The van der Waals surface area contributed by atoms with Gasteiger partial charge in [0, 0.05) is 23.3 Å². The maximum absolute atomic E-state index is 10.5. The van der Waals surface area contributed by atoms with E-state index in [1.165, 1.54) is 5.57 Å². The molecular weight excluding hydrogens is 344 g/mol. The Balaban J connectivity index is 1.81. The van der Waals surface area contributed by atoms with Crippen molar-refractivity contribution in [2.24, 2.45) is 0 Å². The lowest BCUT2D eigenvalue weighted by molar-refractivity contribution is 0.135. The Bertz CT molecular complexity index is 911. The Hall–Kier alpha value is -2.82. The van der Waals surface area contributed by atoms with Gasteiger partial charge in [-0.25, -0.2) is 0 Å². The molecule has 0 aromatic heterocycles. The Labute approximate surface area is 159 Å². The average molecular weight is 368 g/mol. The van der Waals surface area contributed by atoms with Crippen molar-refractivity contribution in [2.45, 2.75) is 32.3 Å². The molecule has 0 spiro atoms. The van der Waals surface area contributed by atoms with E-state index < -0.39 is 0 Å². The van der Waals surface area contributed by atoms with E-state index in [0.717, 1.165) is 28.2 Å². The molecule has 0 saturated carbocycles. The molecule has 2 aromatic carbocycles. The van der Waals surface area contributed by atoms with Crippen LogP contribution in [0, 0.1) is 0 Å². The highest BCUT2D eigenvalue weighted by molar-refractivity contribution is 5.62. The molecule has 2 aromatic rings. The van der Waals surface area contributed by atoms with E-state index >= 15 is 0 Å². The third kappa shape index (κ3) is 2.87. The smallest absolute Gasteiger partial charge is 0.141 e. The second-order valence-electron chi connectivity index (χ2n) is 7.16. The molecule has 0 saturated heterocycles. The van der Waals surface area contributed by atoms with E-state index in [1.807, 2.05) is 32.0 Å². The maximum atomic E-state index is 10.5. The van der Waals surface area contributed by atoms with Crippen molar-refractivity contribution in [3.05, 3.63) is 52.6 Å². The van der Waals surface area contributed by atoms with Crippen LogP contribution in [0.4, 0.5) is 0 Å². The first kappa shape index (κ1) is 17.6. The first-order chi connectivity index (χ1) is 13.0. The summed E-state index contributed by atoms with van der Waals surface area (Å²) in [5.74, 6) is 3.08. The van der Waals surface area contributed by atoms with Crippen LogP contribution in [0.15, 0.2) is 35.9 Å². The molecule has 5 nitrogen and oxygen atoms in total. The molecule has 0 bridgehead atoms. The minimum atomic E-state index is -0.211. The number of rotatable bonds is 4. The molecule has 27 heavy (non-hydrogen) atoms. The summed E-state index contributed by atoms with van der Waals surface area (Å²) in [6.45, 7) is 4.56. The maximum Gasteiger partial charge on any atom is 0.141 e. The van der Waals surface area contributed by atoms with Crippen LogP contribution in [0.25, 0.3) is 0 Å². The van der Waals surface area contributed by atoms with Crippen LogP contribution >= 0.6 is 0 Å². The van der Waals surface area contributed by atoms with Gasteiger partial charge in [0.2, 0.25) is 0 Å². The van der Waals surface area contributed by atoms with Gasteiger partial charge in [0.25, 0.3) is 0 Å². The van der Waals surface area contributed by atoms with Gasteiger partial charge in [-0.2, -0.15) is 0 Å². The van der Waals surface area contributed by atoms with E-state index in [4.69, 9.17) is 18.9 Å². The van der Waals surface area contributed by atoms with Gasteiger partial charge in [-0.15, -0.1) is 0 Å². The van der Waals surface area contributed by atoms with Crippen molar-refractivity contribution in [3.8, 4) is 28.7 Å². The predicted molar refractivity (Wildman–Crippen MR) is 102 cm³/mol. The number of hydrogen-bond donors (Lipinski definition) is 1. The van der Waals surface area contributed by atoms with Gasteiger partial charge in [0.1, 0.15) is 34.9 Å². The monoisotopic (exact) mass is 368 g/mol. The number of allylic oxidation sites excluding steroid dienone is 2. The van der Waals surface area contributed by atoms with Crippen LogP contribution in [-0.2, 0) is 6.42 Å². The lowest BCUT2D eigenvalue weighted by atomic mass is 9.87. The van der Waals surface area contributed by atoms with E-state index in [9.17, 15) is 5.11 Å². The second kappa shape index (κ2) is 6.72. The molecule has 0 aliphatic carbocycles. The molecule has 2 aliphatic heterocycles. The molecule has 2 atom stereocenters. The van der Waals surface area contributed by atoms with Crippen molar-refractivity contribution >= 4 is 0 Å². The Kier molecular flexibility index (Phi) is 4.38. The number of ether oxygens (including phenoxy) is 4. The zero-order valence-corrected chi connectivity index (χ0v) is 16.0. The zero-order chi connectivity index (χ0) is 19.1. The quantitative estimate of drug-likeness (QED) is 0.804. The molecule has 4 rings (SSSR count). The van der Waals surface area contributed by atoms with E-state index in [0.29, 0.717) is 24.5 Å². The molecule has 0 unspecified atom stereocenters. The van der Waals surface area contributed by atoms with Gasteiger partial charge in [0.15, 0.2) is 0 Å². The first-order valence-corrected chi connectivity index (χ1v) is 9.07. The molecule has 0 amide bonds. The summed E-state index contributed by atoms with van der Waals surface area (Å²) in [5, 5.41) is 10.5.